The third kappa shape index (κ3) is 4.01. The van der Waals surface area contributed by atoms with Gasteiger partial charge in [0.05, 0.1) is 6.04 Å². The minimum absolute atomic E-state index is 0.0668. The predicted octanol–water partition coefficient (Wildman–Crippen LogP) is 3.50. The average molecular weight is 303 g/mol. The SMILES string of the molecule is CCC1CCCCN1C(C(=O)Nc1ccc(N)cc1)C(C)C. The molecule has 0 saturated carbocycles. The molecule has 1 aliphatic rings. The molecule has 1 saturated heterocycles. The first kappa shape index (κ1) is 16.8. The van der Waals surface area contributed by atoms with Crippen molar-refractivity contribution in [3.05, 3.63) is 24.3 Å². The van der Waals surface area contributed by atoms with Crippen LogP contribution in [0.3, 0.4) is 0 Å². The van der Waals surface area contributed by atoms with Gasteiger partial charge in [0.15, 0.2) is 0 Å². The summed E-state index contributed by atoms with van der Waals surface area (Å²) in [6.45, 7) is 7.51. The number of hydrogen-bond acceptors (Lipinski definition) is 3. The van der Waals surface area contributed by atoms with Gasteiger partial charge in [0.1, 0.15) is 0 Å². The Morgan fingerprint density at radius 1 is 1.32 bits per heavy atom. The number of anilines is 2. The third-order valence-electron chi connectivity index (χ3n) is 4.58. The molecule has 0 spiro atoms. The van der Waals surface area contributed by atoms with Gasteiger partial charge in [0.2, 0.25) is 5.91 Å². The van der Waals surface area contributed by atoms with E-state index in [-0.39, 0.29) is 11.9 Å². The van der Waals surface area contributed by atoms with E-state index in [0.717, 1.165) is 18.7 Å². The lowest BCUT2D eigenvalue weighted by molar-refractivity contribution is -0.124. The lowest BCUT2D eigenvalue weighted by atomic mass is 9.93. The number of nitrogens with zero attached hydrogens (tertiary/aromatic N) is 1. The highest BCUT2D eigenvalue weighted by Crippen LogP contribution is 2.26. The van der Waals surface area contributed by atoms with Crippen LogP contribution in [0.25, 0.3) is 0 Å². The van der Waals surface area contributed by atoms with Gasteiger partial charge in [-0.25, -0.2) is 0 Å². The Bertz CT molecular complexity index is 484. The van der Waals surface area contributed by atoms with Crippen molar-refractivity contribution >= 4 is 17.3 Å². The molecule has 3 N–H and O–H groups in total. The molecule has 4 nitrogen and oxygen atoms in total. The fourth-order valence-electron chi connectivity index (χ4n) is 3.45. The van der Waals surface area contributed by atoms with Crippen molar-refractivity contribution in [1.29, 1.82) is 0 Å². The molecule has 0 bridgehead atoms. The van der Waals surface area contributed by atoms with Gasteiger partial charge in [-0.05, 0) is 56.0 Å². The number of likely N-dealkylation sites (tertiary alicyclic amines) is 1. The van der Waals surface area contributed by atoms with Crippen LogP contribution in [0.4, 0.5) is 11.4 Å². The second-order valence-electron chi connectivity index (χ2n) is 6.60. The molecule has 122 valence electrons. The summed E-state index contributed by atoms with van der Waals surface area (Å²) in [4.78, 5) is 15.2. The molecular formula is C18H29N3O. The van der Waals surface area contributed by atoms with Crippen molar-refractivity contribution in [1.82, 2.24) is 4.90 Å². The molecule has 22 heavy (non-hydrogen) atoms. The summed E-state index contributed by atoms with van der Waals surface area (Å²) in [6.07, 6.45) is 4.78. The Balaban J connectivity index is 2.12. The van der Waals surface area contributed by atoms with Crippen molar-refractivity contribution < 1.29 is 4.79 Å². The standard InChI is InChI=1S/C18H29N3O/c1-4-16-7-5-6-12-21(16)17(13(2)3)18(22)20-15-10-8-14(19)9-11-15/h8-11,13,16-17H,4-7,12,19H2,1-3H3,(H,20,22). The van der Waals surface area contributed by atoms with E-state index in [2.05, 4.69) is 31.0 Å². The van der Waals surface area contributed by atoms with Gasteiger partial charge in [-0.3, -0.25) is 9.69 Å². The number of benzene rings is 1. The van der Waals surface area contributed by atoms with E-state index in [0.29, 0.717) is 17.6 Å². The van der Waals surface area contributed by atoms with Gasteiger partial charge in [-0.2, -0.15) is 0 Å². The van der Waals surface area contributed by atoms with Crippen LogP contribution in [0.1, 0.15) is 46.5 Å². The number of hydrogen-bond donors (Lipinski definition) is 2. The number of carbonyl (C=O) groups is 1. The van der Waals surface area contributed by atoms with Crippen LogP contribution in [0, 0.1) is 5.92 Å². The molecule has 0 aliphatic carbocycles. The molecule has 1 aromatic carbocycles. The maximum atomic E-state index is 12.8. The lowest BCUT2D eigenvalue weighted by Crippen LogP contribution is -2.53. The molecule has 0 radical (unpaired) electrons. The molecule has 1 fully saturated rings. The summed E-state index contributed by atoms with van der Waals surface area (Å²) in [5.74, 6) is 0.390. The Morgan fingerprint density at radius 3 is 2.59 bits per heavy atom. The van der Waals surface area contributed by atoms with Gasteiger partial charge >= 0.3 is 0 Å². The van der Waals surface area contributed by atoms with E-state index in [1.54, 1.807) is 0 Å². The van der Waals surface area contributed by atoms with Gasteiger partial charge in [0, 0.05) is 17.4 Å². The Labute approximate surface area is 134 Å². The maximum Gasteiger partial charge on any atom is 0.242 e. The first-order valence-corrected chi connectivity index (χ1v) is 8.45. The highest BCUT2D eigenvalue weighted by Gasteiger charge is 2.34. The minimum Gasteiger partial charge on any atom is -0.399 e. The van der Waals surface area contributed by atoms with Crippen molar-refractivity contribution in [2.24, 2.45) is 5.92 Å². The van der Waals surface area contributed by atoms with E-state index in [1.807, 2.05) is 24.3 Å². The molecule has 1 amide bonds. The number of carbonyl (C=O) groups excluding carboxylic acids is 1. The normalized spacial score (nSPS) is 20.8. The quantitative estimate of drug-likeness (QED) is 0.819. The maximum absolute atomic E-state index is 12.8. The second-order valence-corrected chi connectivity index (χ2v) is 6.60. The molecule has 4 heteroatoms. The number of nitrogens with two attached hydrogens (primary N) is 1. The Hall–Kier alpha value is -1.55. The van der Waals surface area contributed by atoms with Gasteiger partial charge in [0.25, 0.3) is 0 Å². The summed E-state index contributed by atoms with van der Waals surface area (Å²) in [5.41, 5.74) is 7.22. The molecule has 1 heterocycles. The summed E-state index contributed by atoms with van der Waals surface area (Å²) in [6, 6.07) is 7.81. The fraction of sp³-hybridized carbons (Fsp3) is 0.611. The van der Waals surface area contributed by atoms with Crippen molar-refractivity contribution in [2.45, 2.75) is 58.5 Å². The molecule has 2 atom stereocenters. The van der Waals surface area contributed by atoms with Crippen LogP contribution in [-0.2, 0) is 4.79 Å². The number of rotatable bonds is 5. The van der Waals surface area contributed by atoms with Crippen LogP contribution in [0.15, 0.2) is 24.3 Å². The number of nitrogen functional groups attached to an aromatic ring is 1. The summed E-state index contributed by atoms with van der Waals surface area (Å²) in [5, 5.41) is 3.06. The molecule has 2 rings (SSSR count). The van der Waals surface area contributed by atoms with E-state index in [1.165, 1.54) is 19.3 Å². The summed E-state index contributed by atoms with van der Waals surface area (Å²) in [7, 11) is 0. The third-order valence-corrected chi connectivity index (χ3v) is 4.58. The zero-order valence-corrected chi connectivity index (χ0v) is 14.0. The lowest BCUT2D eigenvalue weighted by Gasteiger charge is -2.41. The molecule has 2 unspecified atom stereocenters. The summed E-state index contributed by atoms with van der Waals surface area (Å²) < 4.78 is 0. The highest BCUT2D eigenvalue weighted by molar-refractivity contribution is 5.95. The topological polar surface area (TPSA) is 58.4 Å². The molecular weight excluding hydrogens is 274 g/mol. The minimum atomic E-state index is -0.0668. The average Bonchev–Trinajstić information content (AvgIpc) is 2.50. The van der Waals surface area contributed by atoms with Gasteiger partial charge in [-0.15, -0.1) is 0 Å². The number of piperidine rings is 1. The predicted molar refractivity (Wildman–Crippen MR) is 92.7 cm³/mol. The largest absolute Gasteiger partial charge is 0.399 e. The van der Waals surface area contributed by atoms with Crippen LogP contribution in [0.2, 0.25) is 0 Å². The highest BCUT2D eigenvalue weighted by atomic mass is 16.2. The Kier molecular flexibility index (Phi) is 5.83. The zero-order valence-electron chi connectivity index (χ0n) is 14.0. The van der Waals surface area contributed by atoms with Crippen molar-refractivity contribution in [2.75, 3.05) is 17.6 Å². The monoisotopic (exact) mass is 303 g/mol. The van der Waals surface area contributed by atoms with E-state index in [9.17, 15) is 4.79 Å². The van der Waals surface area contributed by atoms with Gasteiger partial charge in [-0.1, -0.05) is 27.2 Å². The molecule has 1 aromatic rings. The van der Waals surface area contributed by atoms with Crippen LogP contribution < -0.4 is 11.1 Å². The van der Waals surface area contributed by atoms with Crippen molar-refractivity contribution in [3.63, 3.8) is 0 Å². The first-order chi connectivity index (χ1) is 10.5. The van der Waals surface area contributed by atoms with E-state index in [4.69, 9.17) is 5.73 Å². The fourth-order valence-corrected chi connectivity index (χ4v) is 3.45. The smallest absolute Gasteiger partial charge is 0.242 e. The van der Waals surface area contributed by atoms with Gasteiger partial charge < -0.3 is 11.1 Å². The zero-order chi connectivity index (χ0) is 16.1. The molecule has 0 aromatic heterocycles. The summed E-state index contributed by atoms with van der Waals surface area (Å²) >= 11 is 0. The number of nitrogens with one attached hydrogen (secondary N) is 1. The first-order valence-electron chi connectivity index (χ1n) is 8.45. The number of amides is 1. The van der Waals surface area contributed by atoms with Crippen LogP contribution >= 0.6 is 0 Å². The van der Waals surface area contributed by atoms with Crippen molar-refractivity contribution in [3.8, 4) is 0 Å². The van der Waals surface area contributed by atoms with E-state index < -0.39 is 0 Å². The Morgan fingerprint density at radius 2 is 2.00 bits per heavy atom. The van der Waals surface area contributed by atoms with Crippen LogP contribution in [-0.4, -0.2) is 29.4 Å². The van der Waals surface area contributed by atoms with E-state index >= 15 is 0 Å². The second kappa shape index (κ2) is 7.63. The molecule has 1 aliphatic heterocycles. The van der Waals surface area contributed by atoms with Crippen LogP contribution in [0.5, 0.6) is 0 Å².